The molecule has 3 rings (SSSR count). The summed E-state index contributed by atoms with van der Waals surface area (Å²) in [6.07, 6.45) is 1.05. The lowest BCUT2D eigenvalue weighted by Crippen LogP contribution is -2.40. The van der Waals surface area contributed by atoms with Crippen molar-refractivity contribution in [1.29, 1.82) is 0 Å². The number of rotatable bonds is 7. The van der Waals surface area contributed by atoms with Gasteiger partial charge in [-0.3, -0.25) is 4.79 Å². The van der Waals surface area contributed by atoms with E-state index in [-0.39, 0.29) is 34.1 Å². The Hall–Kier alpha value is -2.80. The van der Waals surface area contributed by atoms with E-state index < -0.39 is 38.3 Å². The maximum atomic E-state index is 12.8. The highest BCUT2D eigenvalue weighted by Crippen LogP contribution is 2.23. The molecule has 1 saturated heterocycles. The fourth-order valence-corrected chi connectivity index (χ4v) is 5.14. The first-order chi connectivity index (χ1) is 15.5. The molecule has 0 atom stereocenters. The Bertz CT molecular complexity index is 1250. The first-order valence-electron chi connectivity index (χ1n) is 9.94. The third-order valence-electron chi connectivity index (χ3n) is 4.94. The molecule has 2 aromatic rings. The van der Waals surface area contributed by atoms with Crippen molar-refractivity contribution >= 4 is 37.4 Å². The standard InChI is InChI=1S/C21H24N2O8S2/c1-15-3-6-18(33(28,29)23-9-11-30-12-10-23)13-19(15)22-20(24)14-31-21(25)16-4-7-17(8-5-16)32(2,26)27/h3-8,13H,9-12,14H2,1-2H3,(H,22,24). The van der Waals surface area contributed by atoms with Gasteiger partial charge in [-0.05, 0) is 48.9 Å². The number of sulfone groups is 1. The molecule has 0 saturated carbocycles. The van der Waals surface area contributed by atoms with Gasteiger partial charge in [-0.2, -0.15) is 4.31 Å². The van der Waals surface area contributed by atoms with Gasteiger partial charge in [-0.1, -0.05) is 6.07 Å². The zero-order chi connectivity index (χ0) is 24.2. The molecule has 1 heterocycles. The van der Waals surface area contributed by atoms with Crippen molar-refractivity contribution in [3.05, 3.63) is 53.6 Å². The van der Waals surface area contributed by atoms with Gasteiger partial charge in [0, 0.05) is 25.0 Å². The quantitative estimate of drug-likeness (QED) is 0.565. The van der Waals surface area contributed by atoms with E-state index in [1.54, 1.807) is 13.0 Å². The van der Waals surface area contributed by atoms with Crippen LogP contribution in [0.2, 0.25) is 0 Å². The maximum absolute atomic E-state index is 12.8. The molecule has 0 unspecified atom stereocenters. The zero-order valence-corrected chi connectivity index (χ0v) is 19.7. The second kappa shape index (κ2) is 10.00. The highest BCUT2D eigenvalue weighted by molar-refractivity contribution is 7.90. The van der Waals surface area contributed by atoms with Crippen LogP contribution in [0.15, 0.2) is 52.3 Å². The highest BCUT2D eigenvalue weighted by atomic mass is 32.2. The van der Waals surface area contributed by atoms with Crippen LogP contribution < -0.4 is 5.32 Å². The fourth-order valence-electron chi connectivity index (χ4n) is 3.07. The van der Waals surface area contributed by atoms with Crippen molar-refractivity contribution in [2.24, 2.45) is 0 Å². The van der Waals surface area contributed by atoms with Crippen LogP contribution in [0, 0.1) is 6.92 Å². The van der Waals surface area contributed by atoms with Crippen LogP contribution in [0.4, 0.5) is 5.69 Å². The number of benzene rings is 2. The molecular weight excluding hydrogens is 472 g/mol. The fraction of sp³-hybridized carbons (Fsp3) is 0.333. The SMILES string of the molecule is Cc1ccc(S(=O)(=O)N2CCOCC2)cc1NC(=O)COC(=O)c1ccc(S(C)(=O)=O)cc1. The summed E-state index contributed by atoms with van der Waals surface area (Å²) in [5.41, 5.74) is 1.000. The van der Waals surface area contributed by atoms with Crippen molar-refractivity contribution < 1.29 is 35.9 Å². The summed E-state index contributed by atoms with van der Waals surface area (Å²) in [5.74, 6) is -1.45. The lowest BCUT2D eigenvalue weighted by Gasteiger charge is -2.26. The summed E-state index contributed by atoms with van der Waals surface area (Å²) >= 11 is 0. The number of carbonyl (C=O) groups excluding carboxylic acids is 2. The zero-order valence-electron chi connectivity index (χ0n) is 18.1. The third kappa shape index (κ3) is 6.16. The van der Waals surface area contributed by atoms with Crippen LogP contribution in [0.1, 0.15) is 15.9 Å². The number of carbonyl (C=O) groups is 2. The van der Waals surface area contributed by atoms with E-state index in [0.717, 1.165) is 6.26 Å². The molecule has 0 spiro atoms. The Labute approximate surface area is 192 Å². The second-order valence-electron chi connectivity index (χ2n) is 7.41. The van der Waals surface area contributed by atoms with E-state index in [2.05, 4.69) is 5.32 Å². The number of hydrogen-bond acceptors (Lipinski definition) is 8. The molecule has 10 nitrogen and oxygen atoms in total. The van der Waals surface area contributed by atoms with Gasteiger partial charge in [-0.15, -0.1) is 0 Å². The topological polar surface area (TPSA) is 136 Å². The van der Waals surface area contributed by atoms with Crippen molar-refractivity contribution in [2.75, 3.05) is 44.5 Å². The monoisotopic (exact) mass is 496 g/mol. The summed E-state index contributed by atoms with van der Waals surface area (Å²) in [6, 6.07) is 9.55. The van der Waals surface area contributed by atoms with E-state index in [1.165, 1.54) is 40.7 Å². The number of aryl methyl sites for hydroxylation is 1. The van der Waals surface area contributed by atoms with Gasteiger partial charge in [0.15, 0.2) is 16.4 Å². The Morgan fingerprint density at radius 1 is 1.00 bits per heavy atom. The van der Waals surface area contributed by atoms with E-state index in [0.29, 0.717) is 18.8 Å². The second-order valence-corrected chi connectivity index (χ2v) is 11.4. The Morgan fingerprint density at radius 2 is 1.61 bits per heavy atom. The number of sulfonamides is 1. The highest BCUT2D eigenvalue weighted by Gasteiger charge is 2.27. The lowest BCUT2D eigenvalue weighted by atomic mass is 10.2. The average molecular weight is 497 g/mol. The number of esters is 1. The van der Waals surface area contributed by atoms with Crippen molar-refractivity contribution in [3.8, 4) is 0 Å². The summed E-state index contributed by atoms with van der Waals surface area (Å²) in [7, 11) is -7.14. The van der Waals surface area contributed by atoms with E-state index in [4.69, 9.17) is 9.47 Å². The van der Waals surface area contributed by atoms with Gasteiger partial charge in [0.2, 0.25) is 10.0 Å². The number of nitrogens with one attached hydrogen (secondary N) is 1. The predicted molar refractivity (Wildman–Crippen MR) is 119 cm³/mol. The summed E-state index contributed by atoms with van der Waals surface area (Å²) in [5, 5.41) is 2.56. The van der Waals surface area contributed by atoms with Gasteiger partial charge < -0.3 is 14.8 Å². The van der Waals surface area contributed by atoms with Crippen molar-refractivity contribution in [1.82, 2.24) is 4.31 Å². The molecule has 1 aliphatic heterocycles. The average Bonchev–Trinajstić information content (AvgIpc) is 2.79. The molecular formula is C21H24N2O8S2. The lowest BCUT2D eigenvalue weighted by molar-refractivity contribution is -0.119. The molecule has 0 bridgehead atoms. The van der Waals surface area contributed by atoms with Gasteiger partial charge in [0.25, 0.3) is 5.91 Å². The molecule has 12 heteroatoms. The largest absolute Gasteiger partial charge is 0.452 e. The number of amides is 1. The van der Waals surface area contributed by atoms with Crippen LogP contribution >= 0.6 is 0 Å². The molecule has 33 heavy (non-hydrogen) atoms. The maximum Gasteiger partial charge on any atom is 0.338 e. The van der Waals surface area contributed by atoms with E-state index in [9.17, 15) is 26.4 Å². The minimum absolute atomic E-state index is 0.0354. The van der Waals surface area contributed by atoms with Gasteiger partial charge in [-0.25, -0.2) is 21.6 Å². The first kappa shape index (κ1) is 24.8. The molecule has 1 amide bonds. The molecule has 0 radical (unpaired) electrons. The minimum atomic E-state index is -3.74. The molecule has 2 aromatic carbocycles. The Balaban J connectivity index is 1.64. The van der Waals surface area contributed by atoms with Gasteiger partial charge >= 0.3 is 5.97 Å². The summed E-state index contributed by atoms with van der Waals surface area (Å²) < 4.78 is 60.2. The first-order valence-corrected chi connectivity index (χ1v) is 13.3. The molecule has 0 aromatic heterocycles. The Kier molecular flexibility index (Phi) is 7.52. The van der Waals surface area contributed by atoms with Crippen LogP contribution in [-0.4, -0.2) is 72.2 Å². The Morgan fingerprint density at radius 3 is 2.21 bits per heavy atom. The van der Waals surface area contributed by atoms with Crippen molar-refractivity contribution in [2.45, 2.75) is 16.7 Å². The predicted octanol–water partition coefficient (Wildman–Crippen LogP) is 1.21. The van der Waals surface area contributed by atoms with Crippen LogP contribution in [0.3, 0.4) is 0 Å². The molecule has 1 fully saturated rings. The molecule has 1 aliphatic rings. The van der Waals surface area contributed by atoms with Crippen LogP contribution in [0.25, 0.3) is 0 Å². The van der Waals surface area contributed by atoms with Crippen molar-refractivity contribution in [3.63, 3.8) is 0 Å². The van der Waals surface area contributed by atoms with E-state index >= 15 is 0 Å². The number of nitrogens with zero attached hydrogens (tertiary/aromatic N) is 1. The third-order valence-corrected chi connectivity index (χ3v) is 7.97. The van der Waals surface area contributed by atoms with E-state index in [1.807, 2.05) is 0 Å². The molecule has 0 aliphatic carbocycles. The summed E-state index contributed by atoms with van der Waals surface area (Å²) in [6.45, 7) is 2.23. The van der Waals surface area contributed by atoms with Crippen LogP contribution in [-0.2, 0) is 34.1 Å². The van der Waals surface area contributed by atoms with Crippen LogP contribution in [0.5, 0.6) is 0 Å². The van der Waals surface area contributed by atoms with Gasteiger partial charge in [0.1, 0.15) is 0 Å². The summed E-state index contributed by atoms with van der Waals surface area (Å²) in [4.78, 5) is 24.5. The number of hydrogen-bond donors (Lipinski definition) is 1. The molecule has 1 N–H and O–H groups in total. The smallest absolute Gasteiger partial charge is 0.338 e. The number of ether oxygens (including phenoxy) is 2. The minimum Gasteiger partial charge on any atom is -0.452 e. The normalized spacial score (nSPS) is 15.1. The number of morpholine rings is 1. The van der Waals surface area contributed by atoms with Gasteiger partial charge in [0.05, 0.1) is 28.6 Å². The number of anilines is 1. The molecule has 178 valence electrons.